The van der Waals surface area contributed by atoms with E-state index in [2.05, 4.69) is 97.1 Å². The van der Waals surface area contributed by atoms with Gasteiger partial charge in [0.25, 0.3) is 0 Å². The van der Waals surface area contributed by atoms with Crippen LogP contribution in [-0.2, 0) is 25.7 Å². The van der Waals surface area contributed by atoms with Gasteiger partial charge in [0.05, 0.1) is 12.0 Å². The zero-order chi connectivity index (χ0) is 23.0. The summed E-state index contributed by atoms with van der Waals surface area (Å²) in [6, 6.07) is 13.4. The molecule has 0 aliphatic rings. The molecule has 0 fully saturated rings. The van der Waals surface area contributed by atoms with Crippen LogP contribution in [0.2, 0.25) is 0 Å². The van der Waals surface area contributed by atoms with Crippen LogP contribution in [0.3, 0.4) is 0 Å². The van der Waals surface area contributed by atoms with Crippen LogP contribution in [0, 0.1) is 23.7 Å². The minimum Gasteiger partial charge on any atom is -0.346 e. The first-order valence-corrected chi connectivity index (χ1v) is 12.2. The Morgan fingerprint density at radius 3 is 1.35 bits per heavy atom. The van der Waals surface area contributed by atoms with Crippen LogP contribution in [0.5, 0.6) is 0 Å². The van der Waals surface area contributed by atoms with Crippen molar-refractivity contribution in [2.45, 2.75) is 81.1 Å². The first kappa shape index (κ1) is 25.2. The molecule has 0 bridgehead atoms. The van der Waals surface area contributed by atoms with Gasteiger partial charge in [-0.15, -0.1) is 0 Å². The van der Waals surface area contributed by atoms with Gasteiger partial charge in [-0.05, 0) is 71.6 Å². The number of rotatable bonds is 11. The molecule has 31 heavy (non-hydrogen) atoms. The van der Waals surface area contributed by atoms with Gasteiger partial charge in [0, 0.05) is 5.69 Å². The standard InChI is InChI=1S/C29H44N2/c1-20(2)15-24-11-9-12-25(16-21(3)4)28(24)30-19-31-29-26(17-22(5)6)13-10-14-27(29)18-23(7)8/h9-14,19-23H,15-18H2,1-8H3,(H,30,31). The van der Waals surface area contributed by atoms with E-state index in [9.17, 15) is 0 Å². The lowest BCUT2D eigenvalue weighted by Crippen LogP contribution is -2.08. The molecule has 0 aliphatic carbocycles. The largest absolute Gasteiger partial charge is 0.346 e. The lowest BCUT2D eigenvalue weighted by molar-refractivity contribution is 0.637. The van der Waals surface area contributed by atoms with Crippen LogP contribution in [0.1, 0.15) is 77.6 Å². The third-order valence-electron chi connectivity index (χ3n) is 5.36. The van der Waals surface area contributed by atoms with E-state index >= 15 is 0 Å². The Labute approximate surface area is 191 Å². The van der Waals surface area contributed by atoms with E-state index in [1.54, 1.807) is 0 Å². The molecule has 0 saturated heterocycles. The fraction of sp³-hybridized carbons (Fsp3) is 0.552. The van der Waals surface area contributed by atoms with Gasteiger partial charge < -0.3 is 5.32 Å². The maximum Gasteiger partial charge on any atom is 0.0930 e. The summed E-state index contributed by atoms with van der Waals surface area (Å²) in [4.78, 5) is 5.01. The van der Waals surface area contributed by atoms with E-state index < -0.39 is 0 Å². The molecule has 0 aliphatic heterocycles. The van der Waals surface area contributed by atoms with Crippen molar-refractivity contribution in [3.63, 3.8) is 0 Å². The highest BCUT2D eigenvalue weighted by molar-refractivity contribution is 5.82. The van der Waals surface area contributed by atoms with E-state index in [0.717, 1.165) is 31.4 Å². The smallest absolute Gasteiger partial charge is 0.0930 e. The van der Waals surface area contributed by atoms with Crippen LogP contribution in [-0.4, -0.2) is 6.34 Å². The van der Waals surface area contributed by atoms with Gasteiger partial charge in [0.1, 0.15) is 0 Å². The monoisotopic (exact) mass is 420 g/mol. The molecule has 170 valence electrons. The van der Waals surface area contributed by atoms with Crippen molar-refractivity contribution >= 4 is 17.7 Å². The predicted molar refractivity (Wildman–Crippen MR) is 139 cm³/mol. The number of nitrogens with one attached hydrogen (secondary N) is 1. The topological polar surface area (TPSA) is 24.4 Å². The maximum atomic E-state index is 5.01. The van der Waals surface area contributed by atoms with Crippen molar-refractivity contribution in [1.82, 2.24) is 0 Å². The quantitative estimate of drug-likeness (QED) is 0.287. The van der Waals surface area contributed by atoms with Crippen molar-refractivity contribution in [2.75, 3.05) is 5.32 Å². The summed E-state index contributed by atoms with van der Waals surface area (Å²) in [7, 11) is 0. The Kier molecular flexibility index (Phi) is 9.81. The fourth-order valence-electron chi connectivity index (χ4n) is 4.24. The Balaban J connectivity index is 2.40. The van der Waals surface area contributed by atoms with E-state index in [1.807, 2.05) is 6.34 Å². The van der Waals surface area contributed by atoms with Crippen molar-refractivity contribution < 1.29 is 0 Å². The Hall–Kier alpha value is -2.09. The maximum absolute atomic E-state index is 5.01. The van der Waals surface area contributed by atoms with Gasteiger partial charge >= 0.3 is 0 Å². The van der Waals surface area contributed by atoms with Gasteiger partial charge in [-0.25, -0.2) is 4.99 Å². The van der Waals surface area contributed by atoms with Gasteiger partial charge in [-0.3, -0.25) is 0 Å². The molecule has 0 radical (unpaired) electrons. The van der Waals surface area contributed by atoms with Gasteiger partial charge in [-0.2, -0.15) is 0 Å². The molecule has 0 atom stereocenters. The number of anilines is 1. The predicted octanol–water partition coefficient (Wildman–Crippen LogP) is 8.25. The van der Waals surface area contributed by atoms with E-state index in [1.165, 1.54) is 27.9 Å². The fourth-order valence-corrected chi connectivity index (χ4v) is 4.24. The van der Waals surface area contributed by atoms with Crippen LogP contribution in [0.4, 0.5) is 11.4 Å². The molecule has 0 heterocycles. The minimum atomic E-state index is 0.612. The molecule has 2 aromatic rings. The SMILES string of the molecule is CC(C)Cc1cccc(CC(C)C)c1N=CNc1c(CC(C)C)cccc1CC(C)C. The van der Waals surface area contributed by atoms with Crippen molar-refractivity contribution in [2.24, 2.45) is 28.7 Å². The summed E-state index contributed by atoms with van der Waals surface area (Å²) in [5, 5.41) is 3.61. The lowest BCUT2D eigenvalue weighted by Gasteiger charge is -2.18. The molecule has 2 rings (SSSR count). The van der Waals surface area contributed by atoms with E-state index in [4.69, 9.17) is 4.99 Å². The summed E-state index contributed by atoms with van der Waals surface area (Å²) in [6.45, 7) is 18.3. The molecule has 0 amide bonds. The summed E-state index contributed by atoms with van der Waals surface area (Å²) < 4.78 is 0. The molecular formula is C29H44N2. The highest BCUT2D eigenvalue weighted by atomic mass is 15.0. The number of aliphatic imine (C=N–C) groups is 1. The number of nitrogens with zero attached hydrogens (tertiary/aromatic N) is 1. The Morgan fingerprint density at radius 2 is 0.968 bits per heavy atom. The van der Waals surface area contributed by atoms with Crippen LogP contribution in [0.15, 0.2) is 41.4 Å². The average Bonchev–Trinajstić information content (AvgIpc) is 2.63. The number of hydrogen-bond donors (Lipinski definition) is 1. The molecule has 1 N–H and O–H groups in total. The highest BCUT2D eigenvalue weighted by Gasteiger charge is 2.12. The van der Waals surface area contributed by atoms with Crippen LogP contribution < -0.4 is 5.32 Å². The second kappa shape index (κ2) is 12.1. The summed E-state index contributed by atoms with van der Waals surface area (Å²) in [5.74, 6) is 2.47. The molecule has 2 heteroatoms. The normalized spacial score (nSPS) is 12.1. The van der Waals surface area contributed by atoms with Crippen molar-refractivity contribution in [3.05, 3.63) is 58.7 Å². The number of benzene rings is 2. The highest BCUT2D eigenvalue weighted by Crippen LogP contribution is 2.30. The average molecular weight is 421 g/mol. The molecule has 2 nitrogen and oxygen atoms in total. The third-order valence-corrected chi connectivity index (χ3v) is 5.36. The zero-order valence-electron chi connectivity index (χ0n) is 21.1. The van der Waals surface area contributed by atoms with E-state index in [0.29, 0.717) is 23.7 Å². The molecule has 0 saturated carbocycles. The van der Waals surface area contributed by atoms with E-state index in [-0.39, 0.29) is 0 Å². The molecule has 0 aromatic heterocycles. The number of hydrogen-bond acceptors (Lipinski definition) is 1. The molecule has 2 aromatic carbocycles. The summed E-state index contributed by atoms with van der Waals surface area (Å²) in [5.41, 5.74) is 7.88. The van der Waals surface area contributed by atoms with Crippen molar-refractivity contribution in [1.29, 1.82) is 0 Å². The second-order valence-electron chi connectivity index (χ2n) is 10.7. The molecular weight excluding hydrogens is 376 g/mol. The lowest BCUT2D eigenvalue weighted by atomic mass is 9.94. The second-order valence-corrected chi connectivity index (χ2v) is 10.7. The summed E-state index contributed by atoms with van der Waals surface area (Å²) in [6.07, 6.45) is 6.20. The van der Waals surface area contributed by atoms with Crippen molar-refractivity contribution in [3.8, 4) is 0 Å². The summed E-state index contributed by atoms with van der Waals surface area (Å²) >= 11 is 0. The molecule has 0 unspecified atom stereocenters. The Morgan fingerprint density at radius 1 is 0.613 bits per heavy atom. The van der Waals surface area contributed by atoms with Gasteiger partial charge in [0.15, 0.2) is 0 Å². The Bertz CT molecular complexity index is 787. The zero-order valence-corrected chi connectivity index (χ0v) is 21.1. The van der Waals surface area contributed by atoms with Crippen LogP contribution in [0.25, 0.3) is 0 Å². The molecule has 0 spiro atoms. The first-order chi connectivity index (χ1) is 14.7. The first-order valence-electron chi connectivity index (χ1n) is 12.2. The third kappa shape index (κ3) is 8.16. The minimum absolute atomic E-state index is 0.612. The number of para-hydroxylation sites is 2. The van der Waals surface area contributed by atoms with Gasteiger partial charge in [0.2, 0.25) is 0 Å². The van der Waals surface area contributed by atoms with Gasteiger partial charge in [-0.1, -0.05) is 91.8 Å². The van der Waals surface area contributed by atoms with Crippen LogP contribution >= 0.6 is 0 Å².